The van der Waals surface area contributed by atoms with Crippen molar-refractivity contribution >= 4 is 59.4 Å². The zero-order valence-corrected chi connectivity index (χ0v) is 15.2. The second kappa shape index (κ2) is 6.72. The van der Waals surface area contributed by atoms with Crippen molar-refractivity contribution in [3.8, 4) is 0 Å². The quantitative estimate of drug-likeness (QED) is 0.593. The number of rotatable bonds is 3. The fraction of sp³-hybridized carbons (Fsp3) is 0.143. The molecule has 0 saturated carbocycles. The Morgan fingerprint density at radius 3 is 2.26 bits per heavy atom. The normalized spacial score (nSPS) is 12.5. The highest BCUT2D eigenvalue weighted by atomic mass is 79.9. The Hall–Kier alpha value is 0.130. The van der Waals surface area contributed by atoms with Crippen LogP contribution in [0.15, 0.2) is 49.8 Å². The molecule has 1 nitrogen and oxygen atoms in total. The molecule has 1 atom stereocenters. The van der Waals surface area contributed by atoms with Crippen LogP contribution in [0.25, 0.3) is 0 Å². The van der Waals surface area contributed by atoms with Crippen molar-refractivity contribution in [1.82, 2.24) is 0 Å². The summed E-state index contributed by atoms with van der Waals surface area (Å²) in [7, 11) is 0. The van der Waals surface area contributed by atoms with Gasteiger partial charge in [0.25, 0.3) is 0 Å². The van der Waals surface area contributed by atoms with Crippen LogP contribution in [0.2, 0.25) is 5.02 Å². The second-order valence-electron chi connectivity index (χ2n) is 4.12. The maximum Gasteiger partial charge on any atom is 0.0841 e. The average molecular weight is 469 g/mol. The van der Waals surface area contributed by atoms with Crippen molar-refractivity contribution in [2.45, 2.75) is 12.5 Å². The van der Waals surface area contributed by atoms with Gasteiger partial charge in [-0.05, 0) is 35.4 Å². The molecule has 0 aliphatic rings. The lowest BCUT2D eigenvalue weighted by atomic mass is 10.0. The summed E-state index contributed by atoms with van der Waals surface area (Å²) in [6, 6.07) is 11.4. The smallest absolute Gasteiger partial charge is 0.0841 e. The molecule has 0 spiro atoms. The third-order valence-electron chi connectivity index (χ3n) is 2.75. The Balaban J connectivity index is 2.23. The molecule has 19 heavy (non-hydrogen) atoms. The van der Waals surface area contributed by atoms with Gasteiger partial charge >= 0.3 is 0 Å². The summed E-state index contributed by atoms with van der Waals surface area (Å²) in [6.07, 6.45) is -0.118. The van der Waals surface area contributed by atoms with Crippen LogP contribution in [0, 0.1) is 0 Å². The SMILES string of the molecule is OC(Cc1ccc(Br)cc1Cl)c1ccc(Br)cc1Br. The van der Waals surface area contributed by atoms with Gasteiger partial charge in [-0.15, -0.1) is 0 Å². The van der Waals surface area contributed by atoms with E-state index in [9.17, 15) is 5.11 Å². The third kappa shape index (κ3) is 4.05. The predicted octanol–water partition coefficient (Wildman–Crippen LogP) is 5.90. The van der Waals surface area contributed by atoms with E-state index < -0.39 is 6.10 Å². The van der Waals surface area contributed by atoms with Gasteiger partial charge in [-0.2, -0.15) is 0 Å². The van der Waals surface area contributed by atoms with E-state index in [4.69, 9.17) is 11.6 Å². The van der Waals surface area contributed by atoms with Crippen LogP contribution in [0.1, 0.15) is 17.2 Å². The molecule has 0 saturated heterocycles. The summed E-state index contributed by atoms with van der Waals surface area (Å²) >= 11 is 16.4. The summed E-state index contributed by atoms with van der Waals surface area (Å²) in [5.41, 5.74) is 1.77. The first-order valence-electron chi connectivity index (χ1n) is 5.54. The van der Waals surface area contributed by atoms with E-state index >= 15 is 0 Å². The van der Waals surface area contributed by atoms with E-state index in [-0.39, 0.29) is 0 Å². The van der Waals surface area contributed by atoms with Crippen molar-refractivity contribution in [3.05, 3.63) is 66.0 Å². The summed E-state index contributed by atoms with van der Waals surface area (Å²) in [5.74, 6) is 0. The van der Waals surface area contributed by atoms with Gasteiger partial charge in [-0.1, -0.05) is 71.5 Å². The lowest BCUT2D eigenvalue weighted by Crippen LogP contribution is -2.03. The van der Waals surface area contributed by atoms with Gasteiger partial charge in [-0.3, -0.25) is 0 Å². The lowest BCUT2D eigenvalue weighted by molar-refractivity contribution is 0.177. The Labute approximate surface area is 142 Å². The van der Waals surface area contributed by atoms with Crippen LogP contribution in [0.3, 0.4) is 0 Å². The van der Waals surface area contributed by atoms with Crippen LogP contribution in [0.4, 0.5) is 0 Å². The largest absolute Gasteiger partial charge is 0.388 e. The fourth-order valence-corrected chi connectivity index (χ4v) is 3.84. The van der Waals surface area contributed by atoms with Gasteiger partial charge < -0.3 is 5.11 Å². The van der Waals surface area contributed by atoms with Crippen LogP contribution < -0.4 is 0 Å². The van der Waals surface area contributed by atoms with Gasteiger partial charge in [0.15, 0.2) is 0 Å². The monoisotopic (exact) mass is 466 g/mol. The minimum Gasteiger partial charge on any atom is -0.388 e. The van der Waals surface area contributed by atoms with E-state index in [2.05, 4.69) is 47.8 Å². The van der Waals surface area contributed by atoms with Crippen molar-refractivity contribution < 1.29 is 5.11 Å². The van der Waals surface area contributed by atoms with Gasteiger partial charge in [-0.25, -0.2) is 0 Å². The summed E-state index contributed by atoms with van der Waals surface area (Å²) < 4.78 is 2.78. The van der Waals surface area contributed by atoms with E-state index in [1.165, 1.54) is 0 Å². The van der Waals surface area contributed by atoms with Crippen LogP contribution in [-0.2, 0) is 6.42 Å². The van der Waals surface area contributed by atoms with Crippen molar-refractivity contribution in [2.75, 3.05) is 0 Å². The molecule has 5 heteroatoms. The predicted molar refractivity (Wildman–Crippen MR) is 89.7 cm³/mol. The average Bonchev–Trinajstić information content (AvgIpc) is 2.32. The summed E-state index contributed by atoms with van der Waals surface area (Å²) in [4.78, 5) is 0. The first kappa shape index (κ1) is 15.5. The van der Waals surface area contributed by atoms with Crippen LogP contribution in [0.5, 0.6) is 0 Å². The highest BCUT2D eigenvalue weighted by Gasteiger charge is 2.14. The highest BCUT2D eigenvalue weighted by Crippen LogP contribution is 2.31. The minimum absolute atomic E-state index is 0.479. The van der Waals surface area contributed by atoms with E-state index in [0.717, 1.165) is 24.5 Å². The second-order valence-corrected chi connectivity index (χ2v) is 7.21. The molecule has 0 aliphatic heterocycles. The Morgan fingerprint density at radius 1 is 1.00 bits per heavy atom. The molecule has 0 fully saturated rings. The van der Waals surface area contributed by atoms with Crippen molar-refractivity contribution in [2.24, 2.45) is 0 Å². The Bertz CT molecular complexity index is 601. The summed E-state index contributed by atoms with van der Waals surface area (Å²) in [6.45, 7) is 0. The Morgan fingerprint density at radius 2 is 1.63 bits per heavy atom. The van der Waals surface area contributed by atoms with Gasteiger partial charge in [0.2, 0.25) is 0 Å². The van der Waals surface area contributed by atoms with Crippen LogP contribution >= 0.6 is 59.4 Å². The minimum atomic E-state index is -0.596. The van der Waals surface area contributed by atoms with Gasteiger partial charge in [0.05, 0.1) is 6.10 Å². The van der Waals surface area contributed by atoms with Gasteiger partial charge in [0.1, 0.15) is 0 Å². The summed E-state index contributed by atoms with van der Waals surface area (Å²) in [5, 5.41) is 11.0. The number of aliphatic hydroxyl groups excluding tert-OH is 1. The highest BCUT2D eigenvalue weighted by molar-refractivity contribution is 9.11. The molecule has 0 radical (unpaired) electrons. The molecule has 0 amide bonds. The first-order chi connectivity index (χ1) is 8.97. The molecule has 100 valence electrons. The van der Waals surface area contributed by atoms with Crippen molar-refractivity contribution in [1.29, 1.82) is 0 Å². The molecule has 0 heterocycles. The molecular weight excluding hydrogens is 459 g/mol. The van der Waals surface area contributed by atoms with Crippen LogP contribution in [-0.4, -0.2) is 5.11 Å². The standard InChI is InChI=1S/C14H10Br3ClO/c15-9-3-4-11(12(17)6-9)14(19)5-8-1-2-10(16)7-13(8)18/h1-4,6-7,14,19H,5H2. The maximum atomic E-state index is 10.3. The fourth-order valence-electron chi connectivity index (χ4n) is 1.78. The number of hydrogen-bond donors (Lipinski definition) is 1. The topological polar surface area (TPSA) is 20.2 Å². The zero-order valence-electron chi connectivity index (χ0n) is 9.71. The van der Waals surface area contributed by atoms with E-state index in [1.807, 2.05) is 36.4 Å². The lowest BCUT2D eigenvalue weighted by Gasteiger charge is -2.14. The molecule has 2 aromatic rings. The molecule has 0 aliphatic carbocycles. The Kier molecular flexibility index (Phi) is 5.49. The third-order valence-corrected chi connectivity index (χ3v) is 4.77. The molecular formula is C14H10Br3ClO. The molecule has 1 unspecified atom stereocenters. The number of benzene rings is 2. The zero-order chi connectivity index (χ0) is 14.0. The first-order valence-corrected chi connectivity index (χ1v) is 8.30. The van der Waals surface area contributed by atoms with Gasteiger partial charge in [0, 0.05) is 24.9 Å². The number of hydrogen-bond acceptors (Lipinski definition) is 1. The molecule has 0 aromatic heterocycles. The number of aliphatic hydroxyl groups is 1. The maximum absolute atomic E-state index is 10.3. The molecule has 0 bridgehead atoms. The van der Waals surface area contributed by atoms with E-state index in [1.54, 1.807) is 0 Å². The number of halogens is 4. The molecule has 2 rings (SSSR count). The van der Waals surface area contributed by atoms with E-state index in [0.29, 0.717) is 11.4 Å². The van der Waals surface area contributed by atoms with Crippen molar-refractivity contribution in [3.63, 3.8) is 0 Å². The molecule has 2 aromatic carbocycles. The molecule has 1 N–H and O–H groups in total.